The van der Waals surface area contributed by atoms with Gasteiger partial charge in [-0.1, -0.05) is 30.3 Å². The zero-order valence-corrected chi connectivity index (χ0v) is 23.9. The number of nitrogens with zero attached hydrogens (tertiary/aromatic N) is 4. The number of benzene rings is 1. The van der Waals surface area contributed by atoms with E-state index in [-0.39, 0.29) is 6.61 Å². The monoisotopic (exact) mass is 572 g/mol. The Hall–Kier alpha value is -3.18. The number of pyridine rings is 1. The lowest BCUT2D eigenvalue weighted by atomic mass is 9.71. The molecule has 10 heteroatoms. The highest BCUT2D eigenvalue weighted by atomic mass is 32.1. The molecule has 3 aliphatic carbocycles. The first-order valence-corrected chi connectivity index (χ1v) is 15.5. The Kier molecular flexibility index (Phi) is 7.10. The van der Waals surface area contributed by atoms with Gasteiger partial charge in [0.15, 0.2) is 0 Å². The second-order valence-electron chi connectivity index (χ2n) is 11.9. The van der Waals surface area contributed by atoms with Gasteiger partial charge in [-0.15, -0.1) is 11.3 Å². The smallest absolute Gasteiger partial charge is 0.224 e. The van der Waals surface area contributed by atoms with Crippen molar-refractivity contribution in [1.82, 2.24) is 19.9 Å². The van der Waals surface area contributed by atoms with Gasteiger partial charge in [-0.3, -0.25) is 4.98 Å². The highest BCUT2D eigenvalue weighted by molar-refractivity contribution is 7.21. The lowest BCUT2D eigenvalue weighted by molar-refractivity contribution is 0.00446. The van der Waals surface area contributed by atoms with Crippen LogP contribution >= 0.6 is 11.3 Å². The molecule has 4 aromatic rings. The van der Waals surface area contributed by atoms with Crippen LogP contribution in [0.5, 0.6) is 0 Å². The Morgan fingerprint density at radius 1 is 0.951 bits per heavy atom. The summed E-state index contributed by atoms with van der Waals surface area (Å²) in [5.41, 5.74) is 4.98. The van der Waals surface area contributed by atoms with Gasteiger partial charge < -0.3 is 26.0 Å². The van der Waals surface area contributed by atoms with E-state index >= 15 is 0 Å². The number of aryl methyl sites for hydroxylation is 1. The van der Waals surface area contributed by atoms with Gasteiger partial charge >= 0.3 is 0 Å². The molecule has 7 rings (SSSR count). The molecule has 3 heterocycles. The van der Waals surface area contributed by atoms with Crippen LogP contribution in [-0.2, 0) is 0 Å². The quantitative estimate of drug-likeness (QED) is 0.197. The van der Waals surface area contributed by atoms with Crippen molar-refractivity contribution in [3.63, 3.8) is 0 Å². The van der Waals surface area contributed by atoms with E-state index < -0.39 is 24.2 Å². The van der Waals surface area contributed by atoms with Crippen molar-refractivity contribution in [2.45, 2.75) is 69.1 Å². The fraction of sp³-hybridized carbons (Fsp3) is 0.484. The van der Waals surface area contributed by atoms with E-state index in [1.54, 1.807) is 11.3 Å². The predicted octanol–water partition coefficient (Wildman–Crippen LogP) is 4.45. The van der Waals surface area contributed by atoms with Crippen molar-refractivity contribution in [3.05, 3.63) is 59.5 Å². The van der Waals surface area contributed by atoms with Gasteiger partial charge in [-0.2, -0.15) is 4.98 Å². The Labute approximate surface area is 243 Å². The summed E-state index contributed by atoms with van der Waals surface area (Å²) < 4.78 is 1.08. The summed E-state index contributed by atoms with van der Waals surface area (Å²) in [6.45, 7) is 2.57. The van der Waals surface area contributed by atoms with Crippen molar-refractivity contribution in [1.29, 1.82) is 0 Å². The molecule has 1 aromatic carbocycles. The maximum atomic E-state index is 10.8. The lowest BCUT2D eigenvalue weighted by Crippen LogP contribution is -2.36. The average Bonchev–Trinajstić information content (AvgIpc) is 3.65. The van der Waals surface area contributed by atoms with Crippen LogP contribution in [0.4, 0.5) is 11.8 Å². The first kappa shape index (κ1) is 26.7. The van der Waals surface area contributed by atoms with Gasteiger partial charge in [-0.25, -0.2) is 9.97 Å². The summed E-state index contributed by atoms with van der Waals surface area (Å²) in [5.74, 6) is 2.35. The van der Waals surface area contributed by atoms with E-state index in [2.05, 4.69) is 45.9 Å². The zero-order valence-electron chi connectivity index (χ0n) is 23.1. The highest BCUT2D eigenvalue weighted by Crippen LogP contribution is 2.45. The molecule has 3 saturated carbocycles. The van der Waals surface area contributed by atoms with Gasteiger partial charge in [0.1, 0.15) is 22.4 Å². The summed E-state index contributed by atoms with van der Waals surface area (Å²) in [5, 5.41) is 38.6. The van der Waals surface area contributed by atoms with E-state index in [9.17, 15) is 15.3 Å². The van der Waals surface area contributed by atoms with Crippen molar-refractivity contribution >= 4 is 33.3 Å². The number of rotatable bonds is 9. The summed E-state index contributed by atoms with van der Waals surface area (Å²) >= 11 is 1.59. The number of thiazole rings is 1. The largest absolute Gasteiger partial charge is 0.396 e. The molecular formula is C31H36N6O3S. The Balaban J connectivity index is 1.16. The molecule has 0 spiro atoms. The number of aliphatic hydroxyl groups is 3. The van der Waals surface area contributed by atoms with Crippen LogP contribution in [0.25, 0.3) is 20.8 Å². The number of aromatic nitrogens is 4. The average molecular weight is 573 g/mol. The third kappa shape index (κ3) is 5.18. The third-order valence-electron chi connectivity index (χ3n) is 9.02. The van der Waals surface area contributed by atoms with Crippen LogP contribution in [0.2, 0.25) is 0 Å². The van der Waals surface area contributed by atoms with Crippen molar-refractivity contribution in [3.8, 4) is 10.6 Å². The SMILES string of the molecule is Cc1nc(NCC2CC(c3ccccc3)C2)nc(N[C@@H]2C[C@H](CO)[C@@H](O)[C@H]2O)c1-c1nc2c(C3CC3)nccc2s1. The molecule has 0 radical (unpaired) electrons. The number of hydrogen-bond acceptors (Lipinski definition) is 10. The molecule has 0 bridgehead atoms. The van der Waals surface area contributed by atoms with Crippen LogP contribution in [0.15, 0.2) is 42.6 Å². The second-order valence-corrected chi connectivity index (χ2v) is 13.0. The van der Waals surface area contributed by atoms with E-state index in [0.29, 0.717) is 35.9 Å². The van der Waals surface area contributed by atoms with Crippen LogP contribution in [0, 0.1) is 18.8 Å². The molecule has 0 aliphatic heterocycles. The number of aliphatic hydroxyl groups excluding tert-OH is 3. The number of hydrogen-bond donors (Lipinski definition) is 5. The summed E-state index contributed by atoms with van der Waals surface area (Å²) in [6.07, 6.45) is 4.85. The zero-order chi connectivity index (χ0) is 28.1. The normalized spacial score (nSPS) is 27.6. The maximum absolute atomic E-state index is 10.8. The van der Waals surface area contributed by atoms with Crippen LogP contribution < -0.4 is 10.6 Å². The minimum Gasteiger partial charge on any atom is -0.396 e. The first-order chi connectivity index (χ1) is 20.0. The molecule has 5 N–H and O–H groups in total. The van der Waals surface area contributed by atoms with E-state index in [1.165, 1.54) is 5.56 Å². The number of fused-ring (bicyclic) bond motifs is 1. The molecule has 0 amide bonds. The maximum Gasteiger partial charge on any atom is 0.224 e. The summed E-state index contributed by atoms with van der Waals surface area (Å²) in [7, 11) is 0. The van der Waals surface area contributed by atoms with E-state index in [1.807, 2.05) is 19.2 Å². The van der Waals surface area contributed by atoms with E-state index in [4.69, 9.17) is 15.0 Å². The third-order valence-corrected chi connectivity index (χ3v) is 10.1. The fourth-order valence-electron chi connectivity index (χ4n) is 6.41. The summed E-state index contributed by atoms with van der Waals surface area (Å²) in [4.78, 5) is 19.4. The standard InChI is InChI=1S/C31H36N6O3S/c1-16-24(30-36-26-23(41-30)9-10-32-25(26)19-7-8-19)29(35-22-13-21(15-38)27(39)28(22)40)37-31(34-16)33-14-17-11-20(12-17)18-5-3-2-4-6-18/h2-6,9-10,17,19-22,27-28,38-40H,7-8,11-15H2,1H3,(H2,33,34,35,37)/t17?,20?,21-,22-,27-,28+/m1/s1. The first-order valence-electron chi connectivity index (χ1n) is 14.6. The molecule has 3 fully saturated rings. The number of anilines is 2. The molecule has 3 aliphatic rings. The minimum absolute atomic E-state index is 0.181. The molecule has 214 valence electrons. The van der Waals surface area contributed by atoms with Gasteiger partial charge in [0.2, 0.25) is 5.95 Å². The Morgan fingerprint density at radius 2 is 1.76 bits per heavy atom. The Bertz CT molecular complexity index is 1540. The van der Waals surface area contributed by atoms with Gasteiger partial charge in [-0.05, 0) is 62.5 Å². The van der Waals surface area contributed by atoms with Crippen LogP contribution in [0.1, 0.15) is 60.9 Å². The highest BCUT2D eigenvalue weighted by Gasteiger charge is 2.42. The molecule has 0 saturated heterocycles. The molecule has 9 nitrogen and oxygen atoms in total. The molecule has 0 unspecified atom stereocenters. The molecule has 3 aromatic heterocycles. The Morgan fingerprint density at radius 3 is 2.49 bits per heavy atom. The molecular weight excluding hydrogens is 536 g/mol. The van der Waals surface area contributed by atoms with Gasteiger partial charge in [0.05, 0.1) is 33.8 Å². The number of nitrogens with one attached hydrogen (secondary N) is 2. The lowest BCUT2D eigenvalue weighted by Gasteiger charge is -2.35. The second kappa shape index (κ2) is 10.9. The summed E-state index contributed by atoms with van der Waals surface area (Å²) in [6, 6.07) is 12.2. The van der Waals surface area contributed by atoms with Crippen molar-refractivity contribution in [2.24, 2.45) is 11.8 Å². The van der Waals surface area contributed by atoms with Crippen LogP contribution in [-0.4, -0.2) is 66.7 Å². The topological polar surface area (TPSA) is 136 Å². The van der Waals surface area contributed by atoms with Crippen molar-refractivity contribution in [2.75, 3.05) is 23.8 Å². The van der Waals surface area contributed by atoms with Crippen LogP contribution in [0.3, 0.4) is 0 Å². The fourth-order valence-corrected chi connectivity index (χ4v) is 7.48. The predicted molar refractivity (Wildman–Crippen MR) is 160 cm³/mol. The minimum atomic E-state index is -1.02. The molecule has 41 heavy (non-hydrogen) atoms. The molecule has 4 atom stereocenters. The van der Waals surface area contributed by atoms with Crippen molar-refractivity contribution < 1.29 is 15.3 Å². The van der Waals surface area contributed by atoms with E-state index in [0.717, 1.165) is 64.4 Å². The van der Waals surface area contributed by atoms with Gasteiger partial charge in [0, 0.05) is 31.2 Å². The van der Waals surface area contributed by atoms with Gasteiger partial charge in [0.25, 0.3) is 0 Å².